The number of benzene rings is 1. The summed E-state index contributed by atoms with van der Waals surface area (Å²) in [5.41, 5.74) is 3.51. The van der Waals surface area contributed by atoms with Gasteiger partial charge in [-0.3, -0.25) is 19.4 Å². The first-order valence-electron chi connectivity index (χ1n) is 9.82. The Morgan fingerprint density at radius 1 is 1.09 bits per heavy atom. The molecule has 0 aliphatic rings. The number of nitrogens with one attached hydrogen (secondary N) is 1. The number of aromatic nitrogens is 4. The van der Waals surface area contributed by atoms with Gasteiger partial charge in [0.05, 0.1) is 0 Å². The molecule has 1 aromatic carbocycles. The van der Waals surface area contributed by atoms with Crippen molar-refractivity contribution in [1.29, 1.82) is 0 Å². The predicted molar refractivity (Wildman–Crippen MR) is 118 cm³/mol. The number of sulfone groups is 1. The Kier molecular flexibility index (Phi) is 6.33. The van der Waals surface area contributed by atoms with Crippen LogP contribution in [-0.2, 0) is 21.2 Å². The van der Waals surface area contributed by atoms with E-state index >= 15 is 0 Å². The lowest BCUT2D eigenvalue weighted by molar-refractivity contribution is -0.131. The number of amides is 1. The molecule has 1 atom stereocenters. The van der Waals surface area contributed by atoms with E-state index in [9.17, 15) is 18.0 Å². The second-order valence-corrected chi connectivity index (χ2v) is 10.3. The first kappa shape index (κ1) is 23.4. The number of nitrogens with zero attached hydrogens (tertiary/aromatic N) is 4. The zero-order chi connectivity index (χ0) is 23.7. The summed E-state index contributed by atoms with van der Waals surface area (Å²) in [5.74, 6) is 0.506. The third kappa shape index (κ3) is 4.34. The maximum atomic E-state index is 12.6. The van der Waals surface area contributed by atoms with Crippen LogP contribution in [0.1, 0.15) is 25.0 Å². The molecule has 1 amide bonds. The first-order valence-corrected chi connectivity index (χ1v) is 11.7. The van der Waals surface area contributed by atoms with Gasteiger partial charge in [-0.15, -0.1) is 10.2 Å². The number of hydroxylamine groups is 1. The highest BCUT2D eigenvalue weighted by Crippen LogP contribution is 2.23. The second-order valence-electron chi connectivity index (χ2n) is 7.82. The summed E-state index contributed by atoms with van der Waals surface area (Å²) >= 11 is 0. The number of carbonyl (C=O) groups excluding carboxylic acids is 1. The van der Waals surface area contributed by atoms with Gasteiger partial charge in [-0.1, -0.05) is 12.1 Å². The SMILES string of the molecule is Cc1nnc(C)n1-c1ccc(-c2ccn(CC[C@](C)(C(=O)NO)S(C)(=O)=O)c(=O)c2)cc1. The summed E-state index contributed by atoms with van der Waals surface area (Å²) in [6, 6.07) is 10.8. The van der Waals surface area contributed by atoms with E-state index in [4.69, 9.17) is 5.21 Å². The predicted octanol–water partition coefficient (Wildman–Crippen LogP) is 1.41. The van der Waals surface area contributed by atoms with Crippen LogP contribution < -0.4 is 11.0 Å². The summed E-state index contributed by atoms with van der Waals surface area (Å²) in [6.07, 6.45) is 2.30. The van der Waals surface area contributed by atoms with E-state index < -0.39 is 20.5 Å². The molecule has 0 aliphatic carbocycles. The summed E-state index contributed by atoms with van der Waals surface area (Å²) in [7, 11) is -3.84. The smallest absolute Gasteiger partial charge is 0.264 e. The highest BCUT2D eigenvalue weighted by Gasteiger charge is 2.43. The number of pyridine rings is 1. The van der Waals surface area contributed by atoms with Crippen molar-refractivity contribution in [3.8, 4) is 16.8 Å². The summed E-state index contributed by atoms with van der Waals surface area (Å²) in [5, 5.41) is 17.0. The van der Waals surface area contributed by atoms with Crippen LogP contribution in [0.15, 0.2) is 47.4 Å². The van der Waals surface area contributed by atoms with Crippen molar-refractivity contribution in [2.75, 3.05) is 6.26 Å². The van der Waals surface area contributed by atoms with Gasteiger partial charge >= 0.3 is 0 Å². The van der Waals surface area contributed by atoms with Crippen LogP contribution in [-0.4, -0.2) is 49.9 Å². The summed E-state index contributed by atoms with van der Waals surface area (Å²) in [6.45, 7) is 4.94. The molecule has 32 heavy (non-hydrogen) atoms. The van der Waals surface area contributed by atoms with E-state index in [1.165, 1.54) is 23.0 Å². The van der Waals surface area contributed by atoms with Gasteiger partial charge in [0.25, 0.3) is 11.5 Å². The average molecular weight is 460 g/mol. The molecule has 2 heterocycles. The molecule has 2 aromatic heterocycles. The van der Waals surface area contributed by atoms with E-state index in [0.29, 0.717) is 5.56 Å². The number of carbonyl (C=O) groups is 1. The zero-order valence-electron chi connectivity index (χ0n) is 18.2. The minimum atomic E-state index is -3.84. The molecule has 0 spiro atoms. The van der Waals surface area contributed by atoms with Gasteiger partial charge in [-0.2, -0.15) is 0 Å². The lowest BCUT2D eigenvalue weighted by Crippen LogP contribution is -2.49. The summed E-state index contributed by atoms with van der Waals surface area (Å²) < 4.78 is 25.6. The third-order valence-electron chi connectivity index (χ3n) is 5.67. The Labute approximate surface area is 185 Å². The van der Waals surface area contributed by atoms with Crippen LogP contribution in [0.2, 0.25) is 0 Å². The van der Waals surface area contributed by atoms with Crippen molar-refractivity contribution in [2.24, 2.45) is 0 Å². The standard InChI is InChI=1S/C21H25N5O5S/c1-14-22-23-15(2)26(14)18-7-5-16(6-8-18)17-9-11-25(19(27)13-17)12-10-21(3,20(28)24-29)32(4,30)31/h5-9,11,13,29H,10,12H2,1-4H3,(H,24,28)/t21-/m1/s1. The fourth-order valence-corrected chi connectivity index (χ4v) is 4.28. The lowest BCUT2D eigenvalue weighted by Gasteiger charge is -2.25. The normalized spacial score (nSPS) is 13.5. The van der Waals surface area contributed by atoms with Gasteiger partial charge in [0, 0.05) is 30.8 Å². The Morgan fingerprint density at radius 3 is 2.19 bits per heavy atom. The first-order chi connectivity index (χ1) is 15.0. The molecular weight excluding hydrogens is 434 g/mol. The average Bonchev–Trinajstić information content (AvgIpc) is 3.09. The molecule has 0 saturated carbocycles. The van der Waals surface area contributed by atoms with E-state index in [1.807, 2.05) is 42.7 Å². The van der Waals surface area contributed by atoms with Gasteiger partial charge in [-0.25, -0.2) is 13.9 Å². The molecule has 0 aliphatic heterocycles. The molecule has 11 heteroatoms. The number of aryl methyl sites for hydroxylation is 3. The number of hydrogen-bond acceptors (Lipinski definition) is 7. The molecule has 0 unspecified atom stereocenters. The molecule has 0 saturated heterocycles. The maximum absolute atomic E-state index is 12.6. The van der Waals surface area contributed by atoms with E-state index in [2.05, 4.69) is 10.2 Å². The van der Waals surface area contributed by atoms with Crippen LogP contribution >= 0.6 is 0 Å². The van der Waals surface area contributed by atoms with Crippen LogP contribution in [0.4, 0.5) is 0 Å². The van der Waals surface area contributed by atoms with Crippen LogP contribution in [0, 0.1) is 13.8 Å². The molecule has 0 fully saturated rings. The fourth-order valence-electron chi connectivity index (χ4n) is 3.44. The number of hydrogen-bond donors (Lipinski definition) is 2. The molecule has 3 rings (SSSR count). The second kappa shape index (κ2) is 8.67. The van der Waals surface area contributed by atoms with Gasteiger partial charge in [-0.05, 0) is 56.5 Å². The van der Waals surface area contributed by atoms with E-state index in [-0.39, 0.29) is 18.5 Å². The largest absolute Gasteiger partial charge is 0.315 e. The highest BCUT2D eigenvalue weighted by molar-refractivity contribution is 7.92. The number of rotatable bonds is 7. The molecule has 10 nitrogen and oxygen atoms in total. The Morgan fingerprint density at radius 2 is 1.69 bits per heavy atom. The quantitative estimate of drug-likeness (QED) is 0.403. The van der Waals surface area contributed by atoms with E-state index in [0.717, 1.165) is 29.2 Å². The monoisotopic (exact) mass is 459 g/mol. The zero-order valence-corrected chi connectivity index (χ0v) is 19.0. The van der Waals surface area contributed by atoms with Crippen LogP contribution in [0.25, 0.3) is 16.8 Å². The van der Waals surface area contributed by atoms with Gasteiger partial charge < -0.3 is 4.57 Å². The Balaban J connectivity index is 1.83. The Hall–Kier alpha value is -3.31. The third-order valence-corrected chi connectivity index (χ3v) is 7.70. The molecule has 0 bridgehead atoms. The fraction of sp³-hybridized carbons (Fsp3) is 0.333. The van der Waals surface area contributed by atoms with Crippen molar-refractivity contribution in [1.82, 2.24) is 24.8 Å². The molecule has 2 N–H and O–H groups in total. The Bertz CT molecular complexity index is 1290. The van der Waals surface area contributed by atoms with Crippen molar-refractivity contribution >= 4 is 15.7 Å². The van der Waals surface area contributed by atoms with Crippen molar-refractivity contribution in [3.05, 3.63) is 64.6 Å². The van der Waals surface area contributed by atoms with Crippen LogP contribution in [0.5, 0.6) is 0 Å². The van der Waals surface area contributed by atoms with Crippen molar-refractivity contribution in [3.63, 3.8) is 0 Å². The van der Waals surface area contributed by atoms with Crippen LogP contribution in [0.3, 0.4) is 0 Å². The van der Waals surface area contributed by atoms with Crippen molar-refractivity contribution < 1.29 is 18.4 Å². The van der Waals surface area contributed by atoms with Gasteiger partial charge in [0.2, 0.25) is 0 Å². The minimum absolute atomic E-state index is 0.0127. The molecular formula is C21H25N5O5S. The van der Waals surface area contributed by atoms with Gasteiger partial charge in [0.15, 0.2) is 14.6 Å². The van der Waals surface area contributed by atoms with Crippen molar-refractivity contribution in [2.45, 2.75) is 38.5 Å². The van der Waals surface area contributed by atoms with E-state index in [1.54, 1.807) is 12.3 Å². The molecule has 170 valence electrons. The summed E-state index contributed by atoms with van der Waals surface area (Å²) in [4.78, 5) is 24.5. The highest BCUT2D eigenvalue weighted by atomic mass is 32.2. The topological polar surface area (TPSA) is 136 Å². The lowest BCUT2D eigenvalue weighted by atomic mass is 10.1. The molecule has 3 aromatic rings. The minimum Gasteiger partial charge on any atom is -0.315 e. The maximum Gasteiger partial charge on any atom is 0.264 e. The molecule has 0 radical (unpaired) electrons. The van der Waals surface area contributed by atoms with Gasteiger partial charge in [0.1, 0.15) is 11.6 Å².